The molecule has 1 heterocycles. The van der Waals surface area contributed by atoms with Crippen molar-refractivity contribution in [2.75, 3.05) is 12.8 Å². The summed E-state index contributed by atoms with van der Waals surface area (Å²) in [6, 6.07) is 1.25. The number of hydrogen-bond acceptors (Lipinski definition) is 3. The van der Waals surface area contributed by atoms with Crippen molar-refractivity contribution >= 4 is 17.4 Å². The van der Waals surface area contributed by atoms with Crippen molar-refractivity contribution in [2.24, 2.45) is 0 Å². The second kappa shape index (κ2) is 4.41. The van der Waals surface area contributed by atoms with E-state index in [1.54, 1.807) is 0 Å². The molecule has 1 rings (SSSR count). The number of ether oxygens (including phenoxy) is 1. The molecular formula is C8H9ClF2N2O. The first-order valence-corrected chi connectivity index (χ1v) is 4.31. The van der Waals surface area contributed by atoms with Gasteiger partial charge in [-0.2, -0.15) is 0 Å². The Morgan fingerprint density at radius 1 is 1.64 bits per heavy atom. The molecule has 6 heteroatoms. The van der Waals surface area contributed by atoms with Gasteiger partial charge in [0.1, 0.15) is 11.6 Å². The van der Waals surface area contributed by atoms with Crippen LogP contribution in [0, 0.1) is 0 Å². The molecule has 1 aromatic rings. The number of hydrogen-bond donors (Lipinski definition) is 1. The highest BCUT2D eigenvalue weighted by Crippen LogP contribution is 2.33. The molecule has 0 atom stereocenters. The molecule has 0 aliphatic rings. The van der Waals surface area contributed by atoms with Gasteiger partial charge in [0.2, 0.25) is 0 Å². The first kappa shape index (κ1) is 11.0. The molecule has 0 aliphatic heterocycles. The third-order valence-corrected chi connectivity index (χ3v) is 1.94. The molecule has 14 heavy (non-hydrogen) atoms. The SMILES string of the molecule is COc1cc(N)nc(CCl)c1C(F)F. The number of nitrogens with two attached hydrogens (primary N) is 1. The van der Waals surface area contributed by atoms with E-state index >= 15 is 0 Å². The van der Waals surface area contributed by atoms with Gasteiger partial charge < -0.3 is 10.5 Å². The van der Waals surface area contributed by atoms with Gasteiger partial charge in [-0.25, -0.2) is 13.8 Å². The van der Waals surface area contributed by atoms with Crippen LogP contribution >= 0.6 is 11.6 Å². The minimum absolute atomic E-state index is 0.0168. The largest absolute Gasteiger partial charge is 0.496 e. The summed E-state index contributed by atoms with van der Waals surface area (Å²) in [5.41, 5.74) is 5.14. The molecule has 0 saturated carbocycles. The maximum Gasteiger partial charge on any atom is 0.269 e. The highest BCUT2D eigenvalue weighted by atomic mass is 35.5. The molecule has 2 N–H and O–H groups in total. The van der Waals surface area contributed by atoms with Crippen molar-refractivity contribution in [3.63, 3.8) is 0 Å². The van der Waals surface area contributed by atoms with Crippen LogP contribution < -0.4 is 10.5 Å². The summed E-state index contributed by atoms with van der Waals surface area (Å²) in [6.45, 7) is 0. The van der Waals surface area contributed by atoms with Crippen LogP contribution in [0.4, 0.5) is 14.6 Å². The zero-order chi connectivity index (χ0) is 10.7. The number of anilines is 1. The van der Waals surface area contributed by atoms with E-state index in [-0.39, 0.29) is 28.7 Å². The molecular weight excluding hydrogens is 214 g/mol. The number of nitrogens with zero attached hydrogens (tertiary/aromatic N) is 1. The second-order valence-electron chi connectivity index (χ2n) is 2.54. The number of pyridine rings is 1. The summed E-state index contributed by atoms with van der Waals surface area (Å²) in [4.78, 5) is 3.71. The number of methoxy groups -OCH3 is 1. The smallest absolute Gasteiger partial charge is 0.269 e. The Bertz CT molecular complexity index is 308. The minimum atomic E-state index is -2.67. The average molecular weight is 223 g/mol. The highest BCUT2D eigenvalue weighted by molar-refractivity contribution is 6.17. The standard InChI is InChI=1S/C8H9ClF2N2O/c1-14-5-2-6(12)13-4(3-9)7(5)8(10)11/h2,8H,3H2,1H3,(H2,12,13). The Balaban J connectivity index is 3.33. The highest BCUT2D eigenvalue weighted by Gasteiger charge is 2.20. The van der Waals surface area contributed by atoms with E-state index in [2.05, 4.69) is 4.98 Å². The first-order chi connectivity index (χ1) is 6.60. The molecule has 0 bridgehead atoms. The normalized spacial score (nSPS) is 10.6. The summed E-state index contributed by atoms with van der Waals surface area (Å²) < 4.78 is 29.9. The van der Waals surface area contributed by atoms with Crippen LogP contribution in [-0.4, -0.2) is 12.1 Å². The second-order valence-corrected chi connectivity index (χ2v) is 2.81. The molecule has 0 fully saturated rings. The average Bonchev–Trinajstić information content (AvgIpc) is 2.15. The van der Waals surface area contributed by atoms with Gasteiger partial charge >= 0.3 is 0 Å². The van der Waals surface area contributed by atoms with Gasteiger partial charge in [-0.05, 0) is 0 Å². The van der Waals surface area contributed by atoms with Gasteiger partial charge in [-0.1, -0.05) is 0 Å². The van der Waals surface area contributed by atoms with Crippen molar-refractivity contribution in [1.82, 2.24) is 4.98 Å². The fraction of sp³-hybridized carbons (Fsp3) is 0.375. The fourth-order valence-electron chi connectivity index (χ4n) is 1.11. The molecule has 0 amide bonds. The van der Waals surface area contributed by atoms with E-state index in [1.165, 1.54) is 13.2 Å². The first-order valence-electron chi connectivity index (χ1n) is 3.77. The van der Waals surface area contributed by atoms with Crippen molar-refractivity contribution in [1.29, 1.82) is 0 Å². The van der Waals surface area contributed by atoms with Crippen molar-refractivity contribution in [3.8, 4) is 5.75 Å². The van der Waals surface area contributed by atoms with E-state index in [4.69, 9.17) is 22.1 Å². The van der Waals surface area contributed by atoms with Crippen LogP contribution in [0.5, 0.6) is 5.75 Å². The molecule has 0 unspecified atom stereocenters. The van der Waals surface area contributed by atoms with E-state index in [0.29, 0.717) is 0 Å². The third kappa shape index (κ3) is 2.04. The van der Waals surface area contributed by atoms with Gasteiger partial charge in [0, 0.05) is 6.07 Å². The lowest BCUT2D eigenvalue weighted by Gasteiger charge is -2.11. The fourth-order valence-corrected chi connectivity index (χ4v) is 1.31. The van der Waals surface area contributed by atoms with Crippen LogP contribution in [0.1, 0.15) is 17.7 Å². The van der Waals surface area contributed by atoms with Crippen LogP contribution in [0.15, 0.2) is 6.07 Å². The number of rotatable bonds is 3. The Kier molecular flexibility index (Phi) is 3.46. The van der Waals surface area contributed by atoms with E-state index < -0.39 is 6.43 Å². The zero-order valence-electron chi connectivity index (χ0n) is 7.43. The molecule has 0 aromatic carbocycles. The molecule has 0 spiro atoms. The Morgan fingerprint density at radius 2 is 2.29 bits per heavy atom. The van der Waals surface area contributed by atoms with Crippen LogP contribution in [0.3, 0.4) is 0 Å². The Morgan fingerprint density at radius 3 is 2.71 bits per heavy atom. The lowest BCUT2D eigenvalue weighted by Crippen LogP contribution is -2.03. The van der Waals surface area contributed by atoms with E-state index in [0.717, 1.165) is 0 Å². The molecule has 0 radical (unpaired) electrons. The Labute approximate surface area is 84.8 Å². The summed E-state index contributed by atoms with van der Waals surface area (Å²) in [6.07, 6.45) is -2.67. The van der Waals surface area contributed by atoms with Gasteiger partial charge in [0.15, 0.2) is 0 Å². The molecule has 3 nitrogen and oxygen atoms in total. The van der Waals surface area contributed by atoms with Crippen LogP contribution in [-0.2, 0) is 5.88 Å². The quantitative estimate of drug-likeness (QED) is 0.799. The number of nitrogen functional groups attached to an aromatic ring is 1. The Hall–Kier alpha value is -1.10. The van der Waals surface area contributed by atoms with Gasteiger partial charge in [0.25, 0.3) is 6.43 Å². The van der Waals surface area contributed by atoms with Crippen molar-refractivity contribution < 1.29 is 13.5 Å². The molecule has 0 aliphatic carbocycles. The predicted molar refractivity (Wildman–Crippen MR) is 49.7 cm³/mol. The number of alkyl halides is 3. The van der Waals surface area contributed by atoms with Gasteiger partial charge in [0.05, 0.1) is 24.2 Å². The van der Waals surface area contributed by atoms with Gasteiger partial charge in [-0.15, -0.1) is 11.6 Å². The minimum Gasteiger partial charge on any atom is -0.496 e. The van der Waals surface area contributed by atoms with Crippen molar-refractivity contribution in [3.05, 3.63) is 17.3 Å². The number of halogens is 3. The van der Waals surface area contributed by atoms with E-state index in [1.807, 2.05) is 0 Å². The lowest BCUT2D eigenvalue weighted by molar-refractivity contribution is 0.145. The third-order valence-electron chi connectivity index (χ3n) is 1.68. The topological polar surface area (TPSA) is 48.1 Å². The summed E-state index contributed by atoms with van der Waals surface area (Å²) >= 11 is 5.47. The maximum absolute atomic E-state index is 12.6. The number of aromatic nitrogens is 1. The molecule has 0 saturated heterocycles. The van der Waals surface area contributed by atoms with Crippen LogP contribution in [0.25, 0.3) is 0 Å². The summed E-state index contributed by atoms with van der Waals surface area (Å²) in [5.74, 6) is 0.00574. The van der Waals surface area contributed by atoms with Gasteiger partial charge in [-0.3, -0.25) is 0 Å². The summed E-state index contributed by atoms with van der Waals surface area (Å²) in [5, 5.41) is 0. The zero-order valence-corrected chi connectivity index (χ0v) is 8.18. The van der Waals surface area contributed by atoms with E-state index in [9.17, 15) is 8.78 Å². The maximum atomic E-state index is 12.6. The summed E-state index contributed by atoms with van der Waals surface area (Å²) in [7, 11) is 1.29. The van der Waals surface area contributed by atoms with Crippen LogP contribution in [0.2, 0.25) is 0 Å². The predicted octanol–water partition coefficient (Wildman–Crippen LogP) is 2.35. The molecule has 78 valence electrons. The monoisotopic (exact) mass is 222 g/mol. The van der Waals surface area contributed by atoms with Crippen molar-refractivity contribution in [2.45, 2.75) is 12.3 Å². The molecule has 1 aromatic heterocycles. The lowest BCUT2D eigenvalue weighted by atomic mass is 10.2.